The molecule has 0 aliphatic carbocycles. The second-order valence-electron chi connectivity index (χ2n) is 7.71. The van der Waals surface area contributed by atoms with Gasteiger partial charge >= 0.3 is 0 Å². The van der Waals surface area contributed by atoms with Crippen LogP contribution in [0.3, 0.4) is 0 Å². The molecule has 0 saturated carbocycles. The van der Waals surface area contributed by atoms with E-state index in [2.05, 4.69) is 39.6 Å². The Morgan fingerprint density at radius 3 is 2.50 bits per heavy atom. The number of hydrogen-bond donors (Lipinski definition) is 2. The van der Waals surface area contributed by atoms with Gasteiger partial charge < -0.3 is 20.1 Å². The second kappa shape index (κ2) is 11.0. The van der Waals surface area contributed by atoms with Crippen molar-refractivity contribution in [3.63, 3.8) is 0 Å². The summed E-state index contributed by atoms with van der Waals surface area (Å²) in [5.41, 5.74) is 0. The quantitative estimate of drug-likeness (QED) is 0.521. The van der Waals surface area contributed by atoms with E-state index >= 15 is 0 Å². The molecular weight excluding hydrogens is 356 g/mol. The van der Waals surface area contributed by atoms with E-state index in [1.807, 2.05) is 18.7 Å². The number of aromatic nitrogens is 2. The fourth-order valence-corrected chi connectivity index (χ4v) is 3.42. The first-order chi connectivity index (χ1) is 13.5. The maximum atomic E-state index is 12.5. The molecule has 1 aromatic rings. The van der Waals surface area contributed by atoms with Crippen molar-refractivity contribution in [3.05, 3.63) is 11.7 Å². The molecule has 1 aliphatic heterocycles. The van der Waals surface area contributed by atoms with Gasteiger partial charge in [-0.25, -0.2) is 0 Å². The maximum absolute atomic E-state index is 12.5. The van der Waals surface area contributed by atoms with Crippen LogP contribution in [0.15, 0.2) is 9.52 Å². The van der Waals surface area contributed by atoms with Gasteiger partial charge in [-0.15, -0.1) is 0 Å². The third kappa shape index (κ3) is 6.21. The molecule has 2 rings (SSSR count). The third-order valence-electron chi connectivity index (χ3n) is 5.34. The number of amides is 1. The summed E-state index contributed by atoms with van der Waals surface area (Å²) in [4.78, 5) is 23.2. The predicted octanol–water partition coefficient (Wildman–Crippen LogP) is 2.33. The zero-order chi connectivity index (χ0) is 20.5. The van der Waals surface area contributed by atoms with Crippen LogP contribution in [-0.2, 0) is 11.2 Å². The van der Waals surface area contributed by atoms with Crippen molar-refractivity contribution in [3.8, 4) is 0 Å². The number of carbonyl (C=O) groups is 1. The monoisotopic (exact) mass is 392 g/mol. The number of rotatable bonds is 8. The van der Waals surface area contributed by atoms with Crippen molar-refractivity contribution in [2.24, 2.45) is 10.9 Å². The Balaban J connectivity index is 1.72. The average Bonchev–Trinajstić information content (AvgIpc) is 3.18. The van der Waals surface area contributed by atoms with Gasteiger partial charge in [-0.3, -0.25) is 9.79 Å². The summed E-state index contributed by atoms with van der Waals surface area (Å²) >= 11 is 0. The van der Waals surface area contributed by atoms with Crippen LogP contribution < -0.4 is 10.6 Å². The lowest BCUT2D eigenvalue weighted by Crippen LogP contribution is -2.50. The van der Waals surface area contributed by atoms with Crippen molar-refractivity contribution < 1.29 is 9.32 Å². The summed E-state index contributed by atoms with van der Waals surface area (Å²) < 4.78 is 5.26. The average molecular weight is 393 g/mol. The number of piperidine rings is 1. The summed E-state index contributed by atoms with van der Waals surface area (Å²) in [5, 5.41) is 10.8. The molecule has 1 fully saturated rings. The van der Waals surface area contributed by atoms with E-state index in [4.69, 9.17) is 4.52 Å². The Hall–Kier alpha value is -2.12. The molecule has 1 amide bonds. The van der Waals surface area contributed by atoms with Gasteiger partial charge in [-0.1, -0.05) is 32.9 Å². The molecule has 0 spiro atoms. The number of guanidine groups is 1. The molecule has 0 bridgehead atoms. The molecular formula is C20H36N6O2. The van der Waals surface area contributed by atoms with Gasteiger partial charge in [-0.05, 0) is 25.7 Å². The normalized spacial score (nSPS) is 16.1. The zero-order valence-electron chi connectivity index (χ0n) is 18.0. The summed E-state index contributed by atoms with van der Waals surface area (Å²) in [5.74, 6) is 2.90. The SMILES string of the molecule is CCC(CC)C(=O)N1CCC(NC(=NC)NCCc2nc(C(C)C)no2)CC1. The maximum Gasteiger partial charge on any atom is 0.228 e. The standard InChI is InChI=1S/C20H36N6O2/c1-6-15(7-2)19(27)26-12-9-16(10-13-26)23-20(21-5)22-11-8-17-24-18(14(3)4)25-28-17/h14-16H,6-13H2,1-5H3,(H2,21,22,23). The molecule has 0 atom stereocenters. The fraction of sp³-hybridized carbons (Fsp3) is 0.800. The van der Waals surface area contributed by atoms with Crippen LogP contribution in [0.25, 0.3) is 0 Å². The van der Waals surface area contributed by atoms with E-state index in [1.54, 1.807) is 7.05 Å². The van der Waals surface area contributed by atoms with Crippen LogP contribution in [0.5, 0.6) is 0 Å². The van der Waals surface area contributed by atoms with Crippen molar-refractivity contribution in [2.45, 2.75) is 71.8 Å². The Kier molecular flexibility index (Phi) is 8.73. The van der Waals surface area contributed by atoms with Crippen molar-refractivity contribution >= 4 is 11.9 Å². The Morgan fingerprint density at radius 1 is 1.29 bits per heavy atom. The van der Waals surface area contributed by atoms with Crippen LogP contribution in [0.2, 0.25) is 0 Å². The molecule has 0 aromatic carbocycles. The van der Waals surface area contributed by atoms with Gasteiger partial charge in [0.25, 0.3) is 0 Å². The lowest BCUT2D eigenvalue weighted by molar-refractivity contribution is -0.136. The molecule has 28 heavy (non-hydrogen) atoms. The summed E-state index contributed by atoms with van der Waals surface area (Å²) in [6.07, 6.45) is 4.37. The van der Waals surface area contributed by atoms with E-state index in [0.29, 0.717) is 30.8 Å². The van der Waals surface area contributed by atoms with Gasteiger partial charge in [0, 0.05) is 51.0 Å². The van der Waals surface area contributed by atoms with Crippen LogP contribution >= 0.6 is 0 Å². The van der Waals surface area contributed by atoms with E-state index in [9.17, 15) is 4.79 Å². The smallest absolute Gasteiger partial charge is 0.228 e. The van der Waals surface area contributed by atoms with Crippen LogP contribution in [0.4, 0.5) is 0 Å². The topological polar surface area (TPSA) is 95.7 Å². The van der Waals surface area contributed by atoms with E-state index in [1.165, 1.54) is 0 Å². The highest BCUT2D eigenvalue weighted by atomic mass is 16.5. The lowest BCUT2D eigenvalue weighted by Gasteiger charge is -2.34. The van der Waals surface area contributed by atoms with Crippen LogP contribution in [-0.4, -0.2) is 59.6 Å². The van der Waals surface area contributed by atoms with E-state index < -0.39 is 0 Å². The number of hydrogen-bond acceptors (Lipinski definition) is 5. The Bertz CT molecular complexity index is 630. The molecule has 8 nitrogen and oxygen atoms in total. The lowest BCUT2D eigenvalue weighted by atomic mass is 9.98. The largest absolute Gasteiger partial charge is 0.356 e. The van der Waals surface area contributed by atoms with Gasteiger partial charge in [0.15, 0.2) is 11.8 Å². The number of nitrogens with zero attached hydrogens (tertiary/aromatic N) is 4. The summed E-state index contributed by atoms with van der Waals surface area (Å²) in [6, 6.07) is 0.327. The Morgan fingerprint density at radius 2 is 1.96 bits per heavy atom. The minimum Gasteiger partial charge on any atom is -0.356 e. The predicted molar refractivity (Wildman–Crippen MR) is 110 cm³/mol. The molecule has 1 aromatic heterocycles. The summed E-state index contributed by atoms with van der Waals surface area (Å²) in [6.45, 7) is 10.6. The van der Waals surface area contributed by atoms with Gasteiger partial charge in [-0.2, -0.15) is 4.98 Å². The zero-order valence-corrected chi connectivity index (χ0v) is 18.0. The van der Waals surface area contributed by atoms with Crippen LogP contribution in [0.1, 0.15) is 71.0 Å². The molecule has 0 unspecified atom stereocenters. The molecule has 158 valence electrons. The minimum atomic E-state index is 0.167. The molecule has 8 heteroatoms. The second-order valence-corrected chi connectivity index (χ2v) is 7.71. The molecule has 1 saturated heterocycles. The molecule has 2 heterocycles. The van der Waals surface area contributed by atoms with E-state index in [-0.39, 0.29) is 11.8 Å². The highest BCUT2D eigenvalue weighted by Crippen LogP contribution is 2.17. The number of carbonyl (C=O) groups excluding carboxylic acids is 1. The van der Waals surface area contributed by atoms with Gasteiger partial charge in [0.1, 0.15) is 0 Å². The van der Waals surface area contributed by atoms with Gasteiger partial charge in [0.05, 0.1) is 0 Å². The van der Waals surface area contributed by atoms with Gasteiger partial charge in [0.2, 0.25) is 11.8 Å². The number of nitrogens with one attached hydrogen (secondary N) is 2. The van der Waals surface area contributed by atoms with Crippen molar-refractivity contribution in [1.29, 1.82) is 0 Å². The Labute approximate surface area is 168 Å². The van der Waals surface area contributed by atoms with Crippen molar-refractivity contribution in [1.82, 2.24) is 25.7 Å². The highest BCUT2D eigenvalue weighted by molar-refractivity contribution is 5.80. The first kappa shape index (κ1) is 22.2. The van der Waals surface area contributed by atoms with Crippen LogP contribution in [0, 0.1) is 5.92 Å². The molecule has 1 aliphatic rings. The molecule has 0 radical (unpaired) electrons. The fourth-order valence-electron chi connectivity index (χ4n) is 3.42. The first-order valence-corrected chi connectivity index (χ1v) is 10.6. The highest BCUT2D eigenvalue weighted by Gasteiger charge is 2.26. The molecule has 2 N–H and O–H groups in total. The third-order valence-corrected chi connectivity index (χ3v) is 5.34. The number of likely N-dealkylation sites (tertiary alicyclic amines) is 1. The van der Waals surface area contributed by atoms with E-state index in [0.717, 1.165) is 50.6 Å². The first-order valence-electron chi connectivity index (χ1n) is 10.6. The number of aliphatic imine (C=N–C) groups is 1. The van der Waals surface area contributed by atoms with Crippen molar-refractivity contribution in [2.75, 3.05) is 26.7 Å². The summed E-state index contributed by atoms with van der Waals surface area (Å²) in [7, 11) is 1.77. The minimum absolute atomic E-state index is 0.167.